The normalized spacial score (nSPS) is 16.6. The number of carbonyl (C=O) groups excluding carboxylic acids is 2. The van der Waals surface area contributed by atoms with Crippen molar-refractivity contribution in [1.82, 2.24) is 9.88 Å². The first-order chi connectivity index (χ1) is 17.5. The van der Waals surface area contributed by atoms with Gasteiger partial charge in [-0.3, -0.25) is 14.5 Å². The molecule has 3 aromatic rings. The fourth-order valence-corrected chi connectivity index (χ4v) is 4.86. The van der Waals surface area contributed by atoms with E-state index in [1.165, 1.54) is 4.90 Å². The van der Waals surface area contributed by atoms with Crippen molar-refractivity contribution < 1.29 is 19.1 Å². The number of benzene rings is 2. The van der Waals surface area contributed by atoms with E-state index < -0.39 is 0 Å². The third-order valence-electron chi connectivity index (χ3n) is 6.20. The molecule has 9 heteroatoms. The van der Waals surface area contributed by atoms with Crippen molar-refractivity contribution in [3.63, 3.8) is 0 Å². The van der Waals surface area contributed by atoms with E-state index in [4.69, 9.17) is 9.47 Å². The lowest BCUT2D eigenvalue weighted by Crippen LogP contribution is -2.52. The van der Waals surface area contributed by atoms with E-state index in [9.17, 15) is 9.59 Å². The Kier molecular flexibility index (Phi) is 6.90. The van der Waals surface area contributed by atoms with Crippen molar-refractivity contribution in [2.24, 2.45) is 0 Å². The summed E-state index contributed by atoms with van der Waals surface area (Å²) in [6, 6.07) is 18.6. The molecule has 2 aliphatic heterocycles. The number of hydrogen-bond donors (Lipinski definition) is 0. The van der Waals surface area contributed by atoms with E-state index >= 15 is 0 Å². The number of carbonyl (C=O) groups is 2. The molecule has 8 nitrogen and oxygen atoms in total. The first-order valence-electron chi connectivity index (χ1n) is 11.6. The van der Waals surface area contributed by atoms with Crippen LogP contribution >= 0.6 is 15.9 Å². The number of anilines is 2. The largest absolute Gasteiger partial charge is 0.496 e. The summed E-state index contributed by atoms with van der Waals surface area (Å²) in [6.07, 6.45) is 3.44. The van der Waals surface area contributed by atoms with Crippen LogP contribution in [0.25, 0.3) is 6.08 Å². The van der Waals surface area contributed by atoms with E-state index in [0.717, 1.165) is 15.9 Å². The number of fused-ring (bicyclic) bond motifs is 1. The van der Waals surface area contributed by atoms with Crippen molar-refractivity contribution in [2.45, 2.75) is 0 Å². The maximum Gasteiger partial charge on any atom is 0.294 e. The topological polar surface area (TPSA) is 75.2 Å². The lowest BCUT2D eigenvalue weighted by atomic mass is 10.1. The minimum atomic E-state index is -0.360. The zero-order valence-corrected chi connectivity index (χ0v) is 21.3. The van der Waals surface area contributed by atoms with E-state index in [2.05, 4.69) is 25.8 Å². The molecule has 0 N–H and O–H groups in total. The van der Waals surface area contributed by atoms with Crippen LogP contribution in [0.15, 0.2) is 77.1 Å². The fourth-order valence-electron chi connectivity index (χ4n) is 4.30. The predicted molar refractivity (Wildman–Crippen MR) is 141 cm³/mol. The molecule has 3 heterocycles. The van der Waals surface area contributed by atoms with E-state index in [-0.39, 0.29) is 24.1 Å². The first kappa shape index (κ1) is 23.9. The zero-order chi connectivity index (χ0) is 25.1. The van der Waals surface area contributed by atoms with Gasteiger partial charge in [0.05, 0.1) is 17.3 Å². The summed E-state index contributed by atoms with van der Waals surface area (Å²) in [5, 5.41) is 0. The molecule has 0 atom stereocenters. The molecule has 0 saturated carbocycles. The first-order valence-corrected chi connectivity index (χ1v) is 12.4. The number of piperazine rings is 1. The average molecular weight is 549 g/mol. The molecular formula is C27H25BrN4O4. The summed E-state index contributed by atoms with van der Waals surface area (Å²) in [5.41, 5.74) is 1.35. The summed E-state index contributed by atoms with van der Waals surface area (Å²) in [7, 11) is 1.59. The van der Waals surface area contributed by atoms with Crippen molar-refractivity contribution in [2.75, 3.05) is 49.6 Å². The Morgan fingerprint density at radius 3 is 2.58 bits per heavy atom. The van der Waals surface area contributed by atoms with Gasteiger partial charge in [-0.15, -0.1) is 0 Å². The second-order valence-corrected chi connectivity index (χ2v) is 9.27. The highest BCUT2D eigenvalue weighted by atomic mass is 79.9. The van der Waals surface area contributed by atoms with Crippen molar-refractivity contribution >= 4 is 45.3 Å². The van der Waals surface area contributed by atoms with Gasteiger partial charge in [-0.25, -0.2) is 4.98 Å². The van der Waals surface area contributed by atoms with Gasteiger partial charge in [0.2, 0.25) is 5.91 Å². The van der Waals surface area contributed by atoms with Crippen LogP contribution < -0.4 is 19.3 Å². The molecule has 1 saturated heterocycles. The smallest absolute Gasteiger partial charge is 0.294 e. The number of hydrogen-bond acceptors (Lipinski definition) is 6. The summed E-state index contributed by atoms with van der Waals surface area (Å²) >= 11 is 3.47. The molecule has 1 fully saturated rings. The van der Waals surface area contributed by atoms with Crippen LogP contribution in [0.4, 0.5) is 11.5 Å². The van der Waals surface area contributed by atoms with Gasteiger partial charge in [0.1, 0.15) is 18.1 Å². The van der Waals surface area contributed by atoms with E-state index in [0.29, 0.717) is 43.4 Å². The van der Waals surface area contributed by atoms with Crippen LogP contribution in [0.5, 0.6) is 11.5 Å². The lowest BCUT2D eigenvalue weighted by molar-refractivity contribution is -0.131. The Labute approximate surface area is 217 Å². The van der Waals surface area contributed by atoms with Crippen LogP contribution in [0, 0.1) is 0 Å². The molecule has 184 valence electrons. The molecule has 0 bridgehead atoms. The van der Waals surface area contributed by atoms with Crippen LogP contribution in [0.1, 0.15) is 5.56 Å². The minimum Gasteiger partial charge on any atom is -0.496 e. The second kappa shape index (κ2) is 10.4. The van der Waals surface area contributed by atoms with Crippen LogP contribution in [0.2, 0.25) is 0 Å². The second-order valence-electron chi connectivity index (χ2n) is 8.42. The Morgan fingerprint density at radius 2 is 1.86 bits per heavy atom. The van der Waals surface area contributed by atoms with Crippen LogP contribution in [-0.2, 0) is 9.59 Å². The number of amides is 2. The Morgan fingerprint density at radius 1 is 1.08 bits per heavy atom. The van der Waals surface area contributed by atoms with Gasteiger partial charge in [-0.2, -0.15) is 0 Å². The summed E-state index contributed by atoms with van der Waals surface area (Å²) in [4.78, 5) is 36.6. The highest BCUT2D eigenvalue weighted by molar-refractivity contribution is 9.10. The standard InChI is InChI=1S/C27H25BrN4O4/c1-35-22-10-9-19(16-20(22)28)17-24-27(34)32(21-6-2-3-7-23(21)36-24)18-26(33)31-14-12-30(13-15-31)25-8-4-5-11-29-25/h2-11,16-17H,12-15,18H2,1H3/b24-17-. The van der Waals surface area contributed by atoms with Crippen molar-refractivity contribution in [3.05, 3.63) is 82.7 Å². The molecule has 2 aliphatic rings. The third kappa shape index (κ3) is 4.92. The molecular weight excluding hydrogens is 524 g/mol. The third-order valence-corrected chi connectivity index (χ3v) is 6.82. The van der Waals surface area contributed by atoms with Gasteiger partial charge < -0.3 is 19.3 Å². The quantitative estimate of drug-likeness (QED) is 0.449. The maximum absolute atomic E-state index is 13.5. The molecule has 0 aliphatic carbocycles. The number of pyridine rings is 1. The molecule has 1 aromatic heterocycles. The Hall–Kier alpha value is -3.85. The summed E-state index contributed by atoms with van der Waals surface area (Å²) < 4.78 is 12.0. The number of aromatic nitrogens is 1. The lowest BCUT2D eigenvalue weighted by Gasteiger charge is -2.37. The highest BCUT2D eigenvalue weighted by Crippen LogP contribution is 2.36. The molecule has 0 radical (unpaired) electrons. The van der Waals surface area contributed by atoms with Gasteiger partial charge in [-0.1, -0.05) is 24.3 Å². The zero-order valence-electron chi connectivity index (χ0n) is 19.8. The van der Waals surface area contributed by atoms with E-state index in [1.807, 2.05) is 48.5 Å². The van der Waals surface area contributed by atoms with Gasteiger partial charge in [0.15, 0.2) is 11.5 Å². The number of para-hydroxylation sites is 2. The van der Waals surface area contributed by atoms with Crippen LogP contribution in [-0.4, -0.2) is 61.5 Å². The fraction of sp³-hybridized carbons (Fsp3) is 0.222. The maximum atomic E-state index is 13.5. The summed E-state index contributed by atoms with van der Waals surface area (Å²) in [6.45, 7) is 2.45. The molecule has 0 unspecified atom stereocenters. The van der Waals surface area contributed by atoms with Crippen molar-refractivity contribution in [3.8, 4) is 11.5 Å². The number of rotatable bonds is 5. The van der Waals surface area contributed by atoms with Crippen molar-refractivity contribution in [1.29, 1.82) is 0 Å². The molecule has 2 amide bonds. The molecule has 2 aromatic carbocycles. The highest BCUT2D eigenvalue weighted by Gasteiger charge is 2.33. The van der Waals surface area contributed by atoms with Gasteiger partial charge in [-0.05, 0) is 64.0 Å². The number of methoxy groups -OCH3 is 1. The Bertz CT molecular complexity index is 1310. The number of ether oxygens (including phenoxy) is 2. The van der Waals surface area contributed by atoms with Crippen LogP contribution in [0.3, 0.4) is 0 Å². The minimum absolute atomic E-state index is 0.0631. The number of nitrogens with zero attached hydrogens (tertiary/aromatic N) is 4. The molecule has 36 heavy (non-hydrogen) atoms. The molecule has 5 rings (SSSR count). The Balaban J connectivity index is 1.33. The van der Waals surface area contributed by atoms with Gasteiger partial charge in [0, 0.05) is 32.4 Å². The van der Waals surface area contributed by atoms with E-state index in [1.54, 1.807) is 36.4 Å². The summed E-state index contributed by atoms with van der Waals surface area (Å²) in [5.74, 6) is 1.81. The predicted octanol–water partition coefficient (Wildman–Crippen LogP) is 3.97. The van der Waals surface area contributed by atoms with Gasteiger partial charge in [0.25, 0.3) is 5.91 Å². The van der Waals surface area contributed by atoms with Gasteiger partial charge >= 0.3 is 0 Å². The monoisotopic (exact) mass is 548 g/mol. The number of halogens is 1. The SMILES string of the molecule is COc1ccc(/C=C2\Oc3ccccc3N(CC(=O)N3CCN(c4ccccn4)CC3)C2=O)cc1Br. The average Bonchev–Trinajstić information content (AvgIpc) is 2.91. The molecule has 0 spiro atoms.